The molecule has 1 amide bonds. The lowest BCUT2D eigenvalue weighted by Gasteiger charge is -2.34. The van der Waals surface area contributed by atoms with Crippen LogP contribution >= 0.6 is 11.6 Å². The lowest BCUT2D eigenvalue weighted by atomic mass is 10.1. The fourth-order valence-corrected chi connectivity index (χ4v) is 2.61. The van der Waals surface area contributed by atoms with Crippen molar-refractivity contribution in [2.24, 2.45) is 0 Å². The minimum Gasteiger partial charge on any atom is -0.497 e. The van der Waals surface area contributed by atoms with Gasteiger partial charge in [-0.3, -0.25) is 9.69 Å². The summed E-state index contributed by atoms with van der Waals surface area (Å²) in [5.41, 5.74) is 1.03. The zero-order valence-corrected chi connectivity index (χ0v) is 12.6. The second-order valence-corrected chi connectivity index (χ2v) is 5.31. The minimum absolute atomic E-state index is 0.195. The molecule has 0 aliphatic carbocycles. The second kappa shape index (κ2) is 7.50. The van der Waals surface area contributed by atoms with Crippen molar-refractivity contribution in [2.45, 2.75) is 6.42 Å². The van der Waals surface area contributed by atoms with Gasteiger partial charge in [0.1, 0.15) is 5.75 Å². The van der Waals surface area contributed by atoms with Crippen LogP contribution in [-0.4, -0.2) is 61.4 Å². The summed E-state index contributed by atoms with van der Waals surface area (Å²) in [6.07, 6.45) is 0.458. The van der Waals surface area contributed by atoms with Gasteiger partial charge < -0.3 is 9.64 Å². The van der Waals surface area contributed by atoms with E-state index >= 15 is 0 Å². The molecule has 0 bridgehead atoms. The van der Waals surface area contributed by atoms with Gasteiger partial charge in [0.25, 0.3) is 0 Å². The van der Waals surface area contributed by atoms with Gasteiger partial charge in [-0.25, -0.2) is 0 Å². The first kappa shape index (κ1) is 15.1. The topological polar surface area (TPSA) is 32.8 Å². The smallest absolute Gasteiger partial charge is 0.227 e. The van der Waals surface area contributed by atoms with Crippen molar-refractivity contribution in [1.82, 2.24) is 9.80 Å². The number of nitrogens with zero attached hydrogens (tertiary/aromatic N) is 2. The van der Waals surface area contributed by atoms with Gasteiger partial charge in [-0.2, -0.15) is 0 Å². The Morgan fingerprint density at radius 1 is 1.20 bits per heavy atom. The van der Waals surface area contributed by atoms with Crippen molar-refractivity contribution in [2.75, 3.05) is 45.7 Å². The number of carbonyl (C=O) groups is 1. The highest BCUT2D eigenvalue weighted by Gasteiger charge is 2.20. The van der Waals surface area contributed by atoms with Crippen LogP contribution in [0, 0.1) is 0 Å². The Balaban J connectivity index is 1.83. The largest absolute Gasteiger partial charge is 0.497 e. The van der Waals surface area contributed by atoms with E-state index in [2.05, 4.69) is 4.90 Å². The maximum atomic E-state index is 12.2. The highest BCUT2D eigenvalue weighted by atomic mass is 35.5. The maximum absolute atomic E-state index is 12.2. The first-order chi connectivity index (χ1) is 9.72. The van der Waals surface area contributed by atoms with Crippen molar-refractivity contribution in [3.63, 3.8) is 0 Å². The number of halogens is 1. The molecule has 20 heavy (non-hydrogen) atoms. The predicted molar refractivity (Wildman–Crippen MR) is 80.4 cm³/mol. The van der Waals surface area contributed by atoms with Gasteiger partial charge >= 0.3 is 0 Å². The number of methoxy groups -OCH3 is 1. The average Bonchev–Trinajstić information content (AvgIpc) is 2.49. The molecule has 4 nitrogen and oxygen atoms in total. The van der Waals surface area contributed by atoms with Crippen LogP contribution in [0.25, 0.3) is 0 Å². The number of rotatable bonds is 5. The fraction of sp³-hybridized carbons (Fsp3) is 0.533. The summed E-state index contributed by atoms with van der Waals surface area (Å²) < 4.78 is 5.11. The van der Waals surface area contributed by atoms with Gasteiger partial charge in [0, 0.05) is 38.6 Å². The molecule has 1 aliphatic rings. The molecule has 1 fully saturated rings. The number of amides is 1. The van der Waals surface area contributed by atoms with Crippen LogP contribution < -0.4 is 4.74 Å². The molecule has 1 aliphatic heterocycles. The summed E-state index contributed by atoms with van der Waals surface area (Å²) in [5.74, 6) is 1.66. The zero-order chi connectivity index (χ0) is 14.4. The van der Waals surface area contributed by atoms with Gasteiger partial charge in [0.15, 0.2) is 0 Å². The van der Waals surface area contributed by atoms with E-state index in [1.165, 1.54) is 0 Å². The minimum atomic E-state index is 0.195. The molecule has 0 saturated carbocycles. The molecular formula is C15H21ClN2O2. The van der Waals surface area contributed by atoms with Gasteiger partial charge in [-0.15, -0.1) is 11.6 Å². The Bertz CT molecular complexity index is 428. The quantitative estimate of drug-likeness (QED) is 0.774. The monoisotopic (exact) mass is 296 g/mol. The summed E-state index contributed by atoms with van der Waals surface area (Å²) >= 11 is 5.73. The molecule has 1 heterocycles. The van der Waals surface area contributed by atoms with E-state index in [0.717, 1.165) is 44.0 Å². The van der Waals surface area contributed by atoms with E-state index in [1.807, 2.05) is 29.2 Å². The van der Waals surface area contributed by atoms with Crippen LogP contribution in [0.15, 0.2) is 24.3 Å². The van der Waals surface area contributed by atoms with Crippen molar-refractivity contribution in [3.05, 3.63) is 29.8 Å². The molecule has 0 aromatic heterocycles. The SMILES string of the molecule is COc1ccc(CC(=O)N2CCN(CCCl)CC2)cc1. The number of piperazine rings is 1. The molecule has 110 valence electrons. The molecule has 0 N–H and O–H groups in total. The van der Waals surface area contributed by atoms with Gasteiger partial charge in [0.2, 0.25) is 5.91 Å². The number of hydrogen-bond donors (Lipinski definition) is 0. The highest BCUT2D eigenvalue weighted by molar-refractivity contribution is 6.18. The standard InChI is InChI=1S/C15H21ClN2O2/c1-20-14-4-2-13(3-5-14)12-15(19)18-10-8-17(7-6-16)9-11-18/h2-5H,6-12H2,1H3. The van der Waals surface area contributed by atoms with E-state index < -0.39 is 0 Å². The third kappa shape index (κ3) is 4.12. The Hall–Kier alpha value is -1.26. The van der Waals surface area contributed by atoms with Crippen molar-refractivity contribution < 1.29 is 9.53 Å². The zero-order valence-electron chi connectivity index (χ0n) is 11.8. The molecule has 0 atom stereocenters. The molecule has 0 unspecified atom stereocenters. The summed E-state index contributed by atoms with van der Waals surface area (Å²) in [7, 11) is 1.64. The lowest BCUT2D eigenvalue weighted by Crippen LogP contribution is -2.49. The van der Waals surface area contributed by atoms with E-state index in [-0.39, 0.29) is 5.91 Å². The third-order valence-corrected chi connectivity index (χ3v) is 3.81. The third-order valence-electron chi connectivity index (χ3n) is 3.64. The second-order valence-electron chi connectivity index (χ2n) is 4.94. The highest BCUT2D eigenvalue weighted by Crippen LogP contribution is 2.13. The van der Waals surface area contributed by atoms with Crippen molar-refractivity contribution >= 4 is 17.5 Å². The molecule has 5 heteroatoms. The summed E-state index contributed by atoms with van der Waals surface area (Å²) in [5, 5.41) is 0. The molecule has 0 radical (unpaired) electrons. The molecule has 1 aromatic rings. The van der Waals surface area contributed by atoms with Crippen molar-refractivity contribution in [3.8, 4) is 5.75 Å². The summed E-state index contributed by atoms with van der Waals surface area (Å²) in [6.45, 7) is 4.34. The van der Waals surface area contributed by atoms with Crippen LogP contribution in [0.1, 0.15) is 5.56 Å². The van der Waals surface area contributed by atoms with Crippen LogP contribution in [0.3, 0.4) is 0 Å². The number of carbonyl (C=O) groups excluding carboxylic acids is 1. The number of benzene rings is 1. The Morgan fingerprint density at radius 2 is 1.85 bits per heavy atom. The first-order valence-corrected chi connectivity index (χ1v) is 7.45. The number of hydrogen-bond acceptors (Lipinski definition) is 3. The van der Waals surface area contributed by atoms with Crippen LogP contribution in [0.4, 0.5) is 0 Å². The molecule has 0 spiro atoms. The van der Waals surface area contributed by atoms with Crippen molar-refractivity contribution in [1.29, 1.82) is 0 Å². The van der Waals surface area contributed by atoms with E-state index in [4.69, 9.17) is 16.3 Å². The average molecular weight is 297 g/mol. The number of alkyl halides is 1. The molecule has 2 rings (SSSR count). The van der Waals surface area contributed by atoms with Crippen LogP contribution in [0.2, 0.25) is 0 Å². The van der Waals surface area contributed by atoms with E-state index in [1.54, 1.807) is 7.11 Å². The molecule has 1 aromatic carbocycles. The maximum Gasteiger partial charge on any atom is 0.227 e. The van der Waals surface area contributed by atoms with Gasteiger partial charge in [0.05, 0.1) is 13.5 Å². The normalized spacial score (nSPS) is 16.2. The van der Waals surface area contributed by atoms with Crippen LogP contribution in [0.5, 0.6) is 5.75 Å². The fourth-order valence-electron chi connectivity index (χ4n) is 2.37. The number of ether oxygens (including phenoxy) is 1. The Kier molecular flexibility index (Phi) is 5.68. The van der Waals surface area contributed by atoms with Crippen LogP contribution in [-0.2, 0) is 11.2 Å². The Labute approximate surface area is 125 Å². The van der Waals surface area contributed by atoms with E-state index in [0.29, 0.717) is 12.3 Å². The van der Waals surface area contributed by atoms with E-state index in [9.17, 15) is 4.79 Å². The summed E-state index contributed by atoms with van der Waals surface area (Å²) in [6, 6.07) is 7.67. The first-order valence-electron chi connectivity index (χ1n) is 6.92. The summed E-state index contributed by atoms with van der Waals surface area (Å²) in [4.78, 5) is 16.5. The van der Waals surface area contributed by atoms with Gasteiger partial charge in [-0.1, -0.05) is 12.1 Å². The molecule has 1 saturated heterocycles. The Morgan fingerprint density at radius 3 is 2.40 bits per heavy atom. The predicted octanol–water partition coefficient (Wildman–Crippen LogP) is 1.62. The molecular weight excluding hydrogens is 276 g/mol. The lowest BCUT2D eigenvalue weighted by molar-refractivity contribution is -0.132. The van der Waals surface area contributed by atoms with Gasteiger partial charge in [-0.05, 0) is 17.7 Å².